The molecule has 0 aliphatic rings. The molecule has 7 heteroatoms. The monoisotopic (exact) mass is 227 g/mol. The number of aromatic amines is 1. The predicted molar refractivity (Wildman–Crippen MR) is 56.1 cm³/mol. The van der Waals surface area contributed by atoms with Gasteiger partial charge in [-0.3, -0.25) is 4.79 Å². The van der Waals surface area contributed by atoms with Crippen molar-refractivity contribution in [3.63, 3.8) is 0 Å². The summed E-state index contributed by atoms with van der Waals surface area (Å²) in [4.78, 5) is 23.7. The summed E-state index contributed by atoms with van der Waals surface area (Å²) >= 11 is 0. The molecule has 0 saturated heterocycles. The number of H-pyrrole nitrogens is 1. The fourth-order valence-electron chi connectivity index (χ4n) is 1.19. The molecular formula is C9H13N3O4. The molecule has 1 atom stereocenters. The predicted octanol–water partition coefficient (Wildman–Crippen LogP) is 0.424. The summed E-state index contributed by atoms with van der Waals surface area (Å²) in [7, 11) is 0. The molecule has 1 heterocycles. The highest BCUT2D eigenvalue weighted by Crippen LogP contribution is 2.09. The summed E-state index contributed by atoms with van der Waals surface area (Å²) in [5.41, 5.74) is 0.136. The maximum Gasteiger partial charge on any atom is 0.321 e. The first-order valence-electron chi connectivity index (χ1n) is 4.79. The first-order valence-corrected chi connectivity index (χ1v) is 4.79. The maximum absolute atomic E-state index is 11.5. The van der Waals surface area contributed by atoms with Gasteiger partial charge in [0.2, 0.25) is 0 Å². The zero-order chi connectivity index (χ0) is 12.1. The Kier molecular flexibility index (Phi) is 4.01. The third-order valence-electron chi connectivity index (χ3n) is 2.05. The number of aromatic nitrogens is 1. The molecule has 3 N–H and O–H groups in total. The minimum atomic E-state index is -0.603. The number of nitrogens with zero attached hydrogens (tertiary/aromatic N) is 1. The average molecular weight is 227 g/mol. The molecule has 7 nitrogen and oxygen atoms in total. The minimum absolute atomic E-state index is 0.0215. The van der Waals surface area contributed by atoms with Crippen LogP contribution in [0.3, 0.4) is 0 Å². The average Bonchev–Trinajstić information content (AvgIpc) is 2.66. The van der Waals surface area contributed by atoms with Crippen molar-refractivity contribution in [1.29, 1.82) is 0 Å². The normalized spacial score (nSPS) is 12.1. The van der Waals surface area contributed by atoms with Crippen molar-refractivity contribution in [1.82, 2.24) is 10.3 Å². The van der Waals surface area contributed by atoms with Crippen LogP contribution in [0.5, 0.6) is 0 Å². The van der Waals surface area contributed by atoms with Crippen LogP contribution in [0.25, 0.3) is 0 Å². The lowest BCUT2D eigenvalue weighted by atomic mass is 10.2. The van der Waals surface area contributed by atoms with Gasteiger partial charge in [-0.05, 0) is 24.3 Å². The van der Waals surface area contributed by atoms with Crippen LogP contribution < -0.4 is 5.32 Å². The van der Waals surface area contributed by atoms with E-state index in [0.717, 1.165) is 0 Å². The summed E-state index contributed by atoms with van der Waals surface area (Å²) < 4.78 is 0. The lowest BCUT2D eigenvalue weighted by Gasteiger charge is -2.09. The van der Waals surface area contributed by atoms with Crippen LogP contribution in [-0.2, 0) is 0 Å². The van der Waals surface area contributed by atoms with Gasteiger partial charge < -0.3 is 20.5 Å². The smallest absolute Gasteiger partial charge is 0.321 e. The van der Waals surface area contributed by atoms with Crippen molar-refractivity contribution in [2.45, 2.75) is 19.4 Å². The van der Waals surface area contributed by atoms with Crippen LogP contribution >= 0.6 is 0 Å². The lowest BCUT2D eigenvalue weighted by Crippen LogP contribution is -2.33. The summed E-state index contributed by atoms with van der Waals surface area (Å²) in [6.07, 6.45) is 0.439. The van der Waals surface area contributed by atoms with Crippen molar-refractivity contribution in [3.05, 3.63) is 27.9 Å². The summed E-state index contributed by atoms with van der Waals surface area (Å²) in [6.45, 7) is 1.72. The van der Waals surface area contributed by atoms with Crippen molar-refractivity contribution in [3.8, 4) is 0 Å². The molecule has 0 spiro atoms. The van der Waals surface area contributed by atoms with Crippen LogP contribution in [0.1, 0.15) is 23.8 Å². The van der Waals surface area contributed by atoms with E-state index < -0.39 is 10.8 Å². The molecule has 1 unspecified atom stereocenters. The van der Waals surface area contributed by atoms with E-state index in [1.165, 1.54) is 12.1 Å². The molecule has 16 heavy (non-hydrogen) atoms. The van der Waals surface area contributed by atoms with E-state index in [1.807, 2.05) is 0 Å². The molecule has 1 rings (SSSR count). The second-order valence-electron chi connectivity index (χ2n) is 3.40. The molecule has 1 amide bonds. The van der Waals surface area contributed by atoms with E-state index >= 15 is 0 Å². The molecule has 0 aromatic carbocycles. The molecule has 0 saturated carbocycles. The Hall–Kier alpha value is -1.89. The van der Waals surface area contributed by atoms with Gasteiger partial charge in [0, 0.05) is 18.7 Å². The van der Waals surface area contributed by atoms with Crippen molar-refractivity contribution < 1.29 is 14.8 Å². The van der Waals surface area contributed by atoms with E-state index in [-0.39, 0.29) is 24.2 Å². The highest BCUT2D eigenvalue weighted by Gasteiger charge is 2.16. The van der Waals surface area contributed by atoms with Gasteiger partial charge in [-0.25, -0.2) is 4.98 Å². The fraction of sp³-hybridized carbons (Fsp3) is 0.444. The number of aliphatic hydroxyl groups is 1. The van der Waals surface area contributed by atoms with E-state index in [0.29, 0.717) is 6.42 Å². The summed E-state index contributed by atoms with van der Waals surface area (Å²) in [5, 5.41) is 21.6. The molecule has 1 aromatic rings. The molecule has 0 aliphatic heterocycles. The van der Waals surface area contributed by atoms with Crippen molar-refractivity contribution in [2.24, 2.45) is 0 Å². The topological polar surface area (TPSA) is 108 Å². The third kappa shape index (κ3) is 3.06. The number of hydrogen-bond acceptors (Lipinski definition) is 4. The van der Waals surface area contributed by atoms with Crippen LogP contribution in [0.15, 0.2) is 12.1 Å². The molecule has 0 bridgehead atoms. The van der Waals surface area contributed by atoms with Crippen molar-refractivity contribution >= 4 is 11.7 Å². The van der Waals surface area contributed by atoms with Gasteiger partial charge in [-0.2, -0.15) is 0 Å². The Morgan fingerprint density at radius 3 is 2.88 bits per heavy atom. The Labute approximate surface area is 91.6 Å². The molecular weight excluding hydrogens is 214 g/mol. The van der Waals surface area contributed by atoms with Gasteiger partial charge in [0.05, 0.1) is 0 Å². The van der Waals surface area contributed by atoms with Crippen LogP contribution in [0, 0.1) is 10.1 Å². The summed E-state index contributed by atoms with van der Waals surface area (Å²) in [6, 6.07) is 2.39. The molecule has 0 fully saturated rings. The SMILES string of the molecule is CC(CCO)NC(=O)c1ccc([N+](=O)[O-])[nH]1. The number of carbonyl (C=O) groups is 1. The number of aliphatic hydroxyl groups excluding tert-OH is 1. The second kappa shape index (κ2) is 5.26. The first kappa shape index (κ1) is 12.2. The van der Waals surface area contributed by atoms with Gasteiger partial charge >= 0.3 is 5.82 Å². The van der Waals surface area contributed by atoms with Crippen LogP contribution in [0.4, 0.5) is 5.82 Å². The number of carbonyl (C=O) groups excluding carboxylic acids is 1. The van der Waals surface area contributed by atoms with E-state index in [1.54, 1.807) is 6.92 Å². The fourth-order valence-corrected chi connectivity index (χ4v) is 1.19. The summed E-state index contributed by atoms with van der Waals surface area (Å²) in [5.74, 6) is -0.644. The Balaban J connectivity index is 2.62. The molecule has 0 aliphatic carbocycles. The van der Waals surface area contributed by atoms with Crippen molar-refractivity contribution in [2.75, 3.05) is 6.61 Å². The zero-order valence-electron chi connectivity index (χ0n) is 8.77. The number of amides is 1. The van der Waals surface area contributed by atoms with Gasteiger partial charge in [0.15, 0.2) is 5.69 Å². The van der Waals surface area contributed by atoms with Gasteiger partial charge in [-0.1, -0.05) is 0 Å². The largest absolute Gasteiger partial charge is 0.396 e. The standard InChI is InChI=1S/C9H13N3O4/c1-6(4-5-13)10-9(14)7-2-3-8(11-7)12(15)16/h2-3,6,11,13H,4-5H2,1H3,(H,10,14). The van der Waals surface area contributed by atoms with Crippen LogP contribution in [-0.4, -0.2) is 33.6 Å². The molecule has 88 valence electrons. The number of nitrogens with one attached hydrogen (secondary N) is 2. The Bertz CT molecular complexity index is 388. The van der Waals surface area contributed by atoms with E-state index in [4.69, 9.17) is 5.11 Å². The van der Waals surface area contributed by atoms with Gasteiger partial charge in [0.1, 0.15) is 0 Å². The highest BCUT2D eigenvalue weighted by molar-refractivity contribution is 5.93. The van der Waals surface area contributed by atoms with Gasteiger partial charge in [-0.15, -0.1) is 0 Å². The number of hydrogen-bond donors (Lipinski definition) is 3. The number of rotatable bonds is 5. The molecule has 1 aromatic heterocycles. The van der Waals surface area contributed by atoms with Gasteiger partial charge in [0.25, 0.3) is 5.91 Å². The van der Waals surface area contributed by atoms with E-state index in [2.05, 4.69) is 10.3 Å². The van der Waals surface area contributed by atoms with Crippen LogP contribution in [0.2, 0.25) is 0 Å². The quantitative estimate of drug-likeness (QED) is 0.500. The number of nitro groups is 1. The zero-order valence-corrected chi connectivity index (χ0v) is 8.77. The highest BCUT2D eigenvalue weighted by atomic mass is 16.6. The lowest BCUT2D eigenvalue weighted by molar-refractivity contribution is -0.389. The Morgan fingerprint density at radius 1 is 1.69 bits per heavy atom. The minimum Gasteiger partial charge on any atom is -0.396 e. The molecule has 0 radical (unpaired) electrons. The second-order valence-corrected chi connectivity index (χ2v) is 3.40. The maximum atomic E-state index is 11.5. The third-order valence-corrected chi connectivity index (χ3v) is 2.05. The Morgan fingerprint density at radius 2 is 2.38 bits per heavy atom. The van der Waals surface area contributed by atoms with E-state index in [9.17, 15) is 14.9 Å². The first-order chi connectivity index (χ1) is 7.54.